The van der Waals surface area contributed by atoms with E-state index in [1.54, 1.807) is 5.57 Å². The third kappa shape index (κ3) is 2.87. The van der Waals surface area contributed by atoms with Gasteiger partial charge in [0.05, 0.1) is 11.5 Å². The Bertz CT molecular complexity index is 889. The standard InChI is InChI=1S/C30H48O3/c1-25(2)14-15-26(3)16-17-28(5)19(20(26)18-25)8-9-21-27(4)12-11-23(31)30(7,24(32)33)22(27)10-13-29(21,28)6/h8,20-23,31H,9-18H2,1-7H3,(H,32,33)/t20-,21-,22+,23+,26+,27+,28+,29+,30+/m0/s1. The summed E-state index contributed by atoms with van der Waals surface area (Å²) >= 11 is 0. The molecule has 0 saturated heterocycles. The number of fused-ring (bicyclic) bond motifs is 7. The van der Waals surface area contributed by atoms with Crippen molar-refractivity contribution in [1.82, 2.24) is 0 Å². The predicted octanol–water partition coefficient (Wildman–Crippen LogP) is 7.23. The van der Waals surface area contributed by atoms with Gasteiger partial charge in [0, 0.05) is 0 Å². The van der Waals surface area contributed by atoms with Crippen LogP contribution < -0.4 is 0 Å². The number of allylic oxidation sites excluding steroid dienone is 2. The van der Waals surface area contributed by atoms with Crippen LogP contribution in [0.5, 0.6) is 0 Å². The SMILES string of the molecule is CC1(C)CC[C@]2(C)CC[C@]3(C)C(=CC[C@H]4[C@@]5(C)CC[C@@H](O)[C@](C)(C(=O)O)[C@@H]5CC[C@]43C)[C@@H]2C1. The number of rotatable bonds is 1. The zero-order valence-electron chi connectivity index (χ0n) is 22.3. The molecule has 5 aliphatic rings. The normalized spacial score (nSPS) is 55.3. The summed E-state index contributed by atoms with van der Waals surface area (Å²) in [4.78, 5) is 12.5. The molecule has 0 unspecified atom stereocenters. The number of aliphatic carboxylic acids is 1. The highest BCUT2D eigenvalue weighted by Gasteiger charge is 2.69. The molecular formula is C30H48O3. The van der Waals surface area contributed by atoms with E-state index in [1.165, 1.54) is 32.1 Å². The molecule has 0 aromatic heterocycles. The van der Waals surface area contributed by atoms with Crippen molar-refractivity contribution in [3.05, 3.63) is 11.6 Å². The van der Waals surface area contributed by atoms with Crippen LogP contribution in [0.15, 0.2) is 11.6 Å². The molecule has 0 spiro atoms. The first-order valence-electron chi connectivity index (χ1n) is 13.8. The van der Waals surface area contributed by atoms with Crippen molar-refractivity contribution in [3.8, 4) is 0 Å². The fourth-order valence-electron chi connectivity index (χ4n) is 10.5. The summed E-state index contributed by atoms with van der Waals surface area (Å²) in [6.07, 6.45) is 13.2. The highest BCUT2D eigenvalue weighted by Crippen LogP contribution is 2.75. The van der Waals surface area contributed by atoms with Gasteiger partial charge in [-0.3, -0.25) is 4.79 Å². The lowest BCUT2D eigenvalue weighted by molar-refractivity contribution is -0.216. The van der Waals surface area contributed by atoms with Crippen LogP contribution >= 0.6 is 0 Å². The maximum absolute atomic E-state index is 12.5. The van der Waals surface area contributed by atoms with Gasteiger partial charge in [-0.2, -0.15) is 0 Å². The van der Waals surface area contributed by atoms with Gasteiger partial charge in [0.1, 0.15) is 0 Å². The molecular weight excluding hydrogens is 408 g/mol. The Balaban J connectivity index is 1.58. The van der Waals surface area contributed by atoms with Crippen molar-refractivity contribution in [2.45, 2.75) is 119 Å². The first-order valence-corrected chi connectivity index (χ1v) is 13.8. The Hall–Kier alpha value is -0.830. The molecule has 33 heavy (non-hydrogen) atoms. The van der Waals surface area contributed by atoms with E-state index in [0.717, 1.165) is 25.7 Å². The quantitative estimate of drug-likeness (QED) is 0.409. The number of carboxylic acids is 1. The molecule has 4 fully saturated rings. The second-order valence-electron chi connectivity index (χ2n) is 15.0. The summed E-state index contributed by atoms with van der Waals surface area (Å²) in [5, 5.41) is 21.1. The zero-order chi connectivity index (χ0) is 24.2. The molecule has 0 heterocycles. The van der Waals surface area contributed by atoms with Gasteiger partial charge in [-0.15, -0.1) is 0 Å². The monoisotopic (exact) mass is 456 g/mol. The molecule has 9 atom stereocenters. The smallest absolute Gasteiger partial charge is 0.312 e. The largest absolute Gasteiger partial charge is 0.481 e. The van der Waals surface area contributed by atoms with E-state index in [2.05, 4.69) is 47.6 Å². The van der Waals surface area contributed by atoms with Crippen LogP contribution in [0, 0.1) is 50.2 Å². The minimum absolute atomic E-state index is 0.0308. The Morgan fingerprint density at radius 1 is 0.879 bits per heavy atom. The van der Waals surface area contributed by atoms with Crippen LogP contribution in [0.25, 0.3) is 0 Å². The van der Waals surface area contributed by atoms with Crippen LogP contribution in [0.2, 0.25) is 0 Å². The maximum atomic E-state index is 12.5. The van der Waals surface area contributed by atoms with E-state index in [-0.39, 0.29) is 22.2 Å². The molecule has 5 aliphatic carbocycles. The summed E-state index contributed by atoms with van der Waals surface area (Å²) in [6.45, 7) is 16.9. The van der Waals surface area contributed by atoms with Gasteiger partial charge < -0.3 is 10.2 Å². The van der Waals surface area contributed by atoms with Crippen LogP contribution in [0.3, 0.4) is 0 Å². The minimum atomic E-state index is -1.03. The lowest BCUT2D eigenvalue weighted by Crippen LogP contribution is -2.66. The van der Waals surface area contributed by atoms with Gasteiger partial charge in [0.25, 0.3) is 0 Å². The molecule has 186 valence electrons. The lowest BCUT2D eigenvalue weighted by Gasteiger charge is -2.71. The number of aliphatic hydroxyl groups excluding tert-OH is 1. The minimum Gasteiger partial charge on any atom is -0.481 e. The molecule has 4 saturated carbocycles. The fraction of sp³-hybridized carbons (Fsp3) is 0.900. The van der Waals surface area contributed by atoms with Gasteiger partial charge >= 0.3 is 5.97 Å². The van der Waals surface area contributed by atoms with Crippen molar-refractivity contribution < 1.29 is 15.0 Å². The lowest BCUT2D eigenvalue weighted by atomic mass is 9.33. The van der Waals surface area contributed by atoms with Crippen LogP contribution in [0.1, 0.15) is 113 Å². The number of aliphatic hydroxyl groups is 1. The van der Waals surface area contributed by atoms with Gasteiger partial charge in [-0.05, 0) is 116 Å². The predicted molar refractivity (Wildman–Crippen MR) is 133 cm³/mol. The number of carboxylic acid groups (broad SMARTS) is 1. The molecule has 0 radical (unpaired) electrons. The van der Waals surface area contributed by atoms with E-state index in [4.69, 9.17) is 0 Å². The van der Waals surface area contributed by atoms with E-state index in [0.29, 0.717) is 29.1 Å². The van der Waals surface area contributed by atoms with Crippen molar-refractivity contribution >= 4 is 5.97 Å². The van der Waals surface area contributed by atoms with Crippen LogP contribution in [-0.2, 0) is 4.79 Å². The van der Waals surface area contributed by atoms with Gasteiger partial charge in [-0.1, -0.05) is 53.2 Å². The zero-order valence-corrected chi connectivity index (χ0v) is 22.3. The van der Waals surface area contributed by atoms with E-state index in [1.807, 2.05) is 6.92 Å². The average molecular weight is 457 g/mol. The fourth-order valence-corrected chi connectivity index (χ4v) is 10.5. The molecule has 2 N–H and O–H groups in total. The van der Waals surface area contributed by atoms with Gasteiger partial charge in [-0.25, -0.2) is 0 Å². The Morgan fingerprint density at radius 3 is 2.21 bits per heavy atom. The highest BCUT2D eigenvalue weighted by molar-refractivity contribution is 5.76. The molecule has 0 amide bonds. The van der Waals surface area contributed by atoms with E-state index >= 15 is 0 Å². The second kappa shape index (κ2) is 6.89. The first kappa shape index (κ1) is 23.9. The van der Waals surface area contributed by atoms with Gasteiger partial charge in [0.2, 0.25) is 0 Å². The van der Waals surface area contributed by atoms with Crippen molar-refractivity contribution in [2.24, 2.45) is 50.2 Å². The second-order valence-corrected chi connectivity index (χ2v) is 15.0. The summed E-state index contributed by atoms with van der Waals surface area (Å²) < 4.78 is 0. The summed E-state index contributed by atoms with van der Waals surface area (Å²) in [5.74, 6) is 0.432. The molecule has 5 rings (SSSR count). The molecule has 0 aromatic rings. The number of carbonyl (C=O) groups is 1. The van der Waals surface area contributed by atoms with Crippen LogP contribution in [0.4, 0.5) is 0 Å². The molecule has 3 nitrogen and oxygen atoms in total. The molecule has 3 heteroatoms. The third-order valence-electron chi connectivity index (χ3n) is 13.2. The average Bonchev–Trinajstić information content (AvgIpc) is 2.72. The number of hydrogen-bond donors (Lipinski definition) is 2. The molecule has 0 bridgehead atoms. The first-order chi connectivity index (χ1) is 15.1. The molecule has 0 aliphatic heterocycles. The number of hydrogen-bond acceptors (Lipinski definition) is 2. The maximum Gasteiger partial charge on any atom is 0.312 e. The van der Waals surface area contributed by atoms with Crippen molar-refractivity contribution in [1.29, 1.82) is 0 Å². The van der Waals surface area contributed by atoms with Crippen LogP contribution in [-0.4, -0.2) is 22.3 Å². The summed E-state index contributed by atoms with van der Waals surface area (Å²) in [6, 6.07) is 0. The third-order valence-corrected chi connectivity index (χ3v) is 13.2. The van der Waals surface area contributed by atoms with E-state index in [9.17, 15) is 15.0 Å². The highest BCUT2D eigenvalue weighted by atomic mass is 16.4. The van der Waals surface area contributed by atoms with Crippen molar-refractivity contribution in [2.75, 3.05) is 0 Å². The van der Waals surface area contributed by atoms with Gasteiger partial charge in [0.15, 0.2) is 0 Å². The Labute approximate surface area is 201 Å². The Morgan fingerprint density at radius 2 is 1.55 bits per heavy atom. The topological polar surface area (TPSA) is 57.5 Å². The van der Waals surface area contributed by atoms with Crippen molar-refractivity contribution in [3.63, 3.8) is 0 Å². The Kier molecular flexibility index (Phi) is 4.99. The molecule has 0 aromatic carbocycles. The van der Waals surface area contributed by atoms with E-state index < -0.39 is 17.5 Å². The summed E-state index contributed by atoms with van der Waals surface area (Å²) in [7, 11) is 0. The summed E-state index contributed by atoms with van der Waals surface area (Å²) in [5.41, 5.74) is 1.98.